The van der Waals surface area contributed by atoms with E-state index in [1.54, 1.807) is 0 Å². The van der Waals surface area contributed by atoms with Gasteiger partial charge in [0, 0.05) is 16.5 Å². The second-order valence-corrected chi connectivity index (χ2v) is 12.8. The van der Waals surface area contributed by atoms with Gasteiger partial charge < -0.3 is 0 Å². The number of para-hydroxylation sites is 1. The number of nitrogens with zero attached hydrogens (tertiary/aromatic N) is 1. The van der Waals surface area contributed by atoms with Crippen LogP contribution in [0.1, 0.15) is 0 Å². The smallest absolute Gasteiger partial charge is 0.263 e. The van der Waals surface area contributed by atoms with E-state index in [2.05, 4.69) is 127 Å². The van der Waals surface area contributed by atoms with Crippen LogP contribution in [-0.2, 0) is 0 Å². The molecule has 0 aliphatic carbocycles. The first kappa shape index (κ1) is 27.6. The van der Waals surface area contributed by atoms with E-state index in [0.717, 1.165) is 27.5 Å². The van der Waals surface area contributed by atoms with Gasteiger partial charge in [-0.3, -0.25) is 9.36 Å². The van der Waals surface area contributed by atoms with E-state index in [-0.39, 0.29) is 5.56 Å². The fraction of sp³-hybridized carbons (Fsp3) is 0. The lowest BCUT2D eigenvalue weighted by molar-refractivity contribution is 1.06. The van der Waals surface area contributed by atoms with Crippen LogP contribution in [0.25, 0.3) is 92.7 Å². The van der Waals surface area contributed by atoms with Gasteiger partial charge >= 0.3 is 0 Å². The molecule has 0 aliphatic rings. The molecule has 0 bridgehead atoms. The van der Waals surface area contributed by atoms with Crippen molar-refractivity contribution in [3.63, 3.8) is 0 Å². The Labute approximate surface area is 282 Å². The minimum Gasteiger partial charge on any atom is -0.276 e. The Morgan fingerprint density at radius 1 is 0.327 bits per heavy atom. The molecule has 0 aliphatic heterocycles. The van der Waals surface area contributed by atoms with Crippen molar-refractivity contribution in [2.24, 2.45) is 0 Å². The molecule has 1 heterocycles. The highest BCUT2D eigenvalue weighted by molar-refractivity contribution is 6.18. The highest BCUT2D eigenvalue weighted by Crippen LogP contribution is 2.41. The molecule has 0 unspecified atom stereocenters. The Bertz CT molecular complexity index is 3010. The molecule has 0 radical (unpaired) electrons. The summed E-state index contributed by atoms with van der Waals surface area (Å²) >= 11 is 0. The summed E-state index contributed by atoms with van der Waals surface area (Å²) in [6.45, 7) is 0. The number of rotatable bonds is 3. The van der Waals surface area contributed by atoms with E-state index in [1.165, 1.54) is 59.8 Å². The van der Waals surface area contributed by atoms with Gasteiger partial charge in [-0.25, -0.2) is 0 Å². The van der Waals surface area contributed by atoms with Crippen LogP contribution in [0.4, 0.5) is 0 Å². The molecule has 9 aromatic carbocycles. The van der Waals surface area contributed by atoms with Gasteiger partial charge in [0.05, 0.1) is 5.52 Å². The van der Waals surface area contributed by atoms with Crippen LogP contribution in [-0.4, -0.2) is 4.57 Å². The lowest BCUT2D eigenvalue weighted by Crippen LogP contribution is -2.19. The average Bonchev–Trinajstić information content (AvgIpc) is 3.17. The van der Waals surface area contributed by atoms with E-state index in [9.17, 15) is 4.79 Å². The van der Waals surface area contributed by atoms with Gasteiger partial charge in [-0.05, 0) is 113 Å². The molecular formula is C47H29NO. The Hall–Kier alpha value is -6.51. The number of pyridine rings is 1. The summed E-state index contributed by atoms with van der Waals surface area (Å²) in [5.41, 5.74) is 6.49. The van der Waals surface area contributed by atoms with Gasteiger partial charge in [0.25, 0.3) is 5.56 Å². The zero-order valence-corrected chi connectivity index (χ0v) is 26.6. The molecule has 0 spiro atoms. The zero-order valence-electron chi connectivity index (χ0n) is 26.6. The number of fused-ring (bicyclic) bond motifs is 8. The molecule has 0 N–H and O–H groups in total. The number of benzene rings is 9. The SMILES string of the molecule is O=c1c2ccccc2c2cc(-c3ccc(-c4cccc5c4ccc4cc6ccccc6cc45)c4ccccc34)ccc2n1-c1ccccc1. The minimum absolute atomic E-state index is 0.00657. The van der Waals surface area contributed by atoms with Crippen molar-refractivity contribution >= 4 is 64.8 Å². The van der Waals surface area contributed by atoms with Gasteiger partial charge in [-0.1, -0.05) is 133 Å². The standard InChI is InChI=1S/C47H29NO/c49-47-43-18-9-8-17-40(43)45-29-33(22-26-46(45)48(47)34-13-2-1-3-14-34)35-24-25-42(37-16-7-6-15-36(35)37)38-19-10-20-39-41(38)23-21-32-27-30-11-4-5-12-31(30)28-44(32)39/h1-29H. The molecule has 49 heavy (non-hydrogen) atoms. The molecular weight excluding hydrogens is 595 g/mol. The third kappa shape index (κ3) is 4.24. The maximum atomic E-state index is 13.8. The first-order chi connectivity index (χ1) is 24.2. The van der Waals surface area contributed by atoms with Gasteiger partial charge in [0.15, 0.2) is 0 Å². The molecule has 0 saturated carbocycles. The van der Waals surface area contributed by atoms with Gasteiger partial charge in [0.1, 0.15) is 0 Å². The lowest BCUT2D eigenvalue weighted by Gasteiger charge is -2.17. The normalized spacial score (nSPS) is 11.8. The Kier molecular flexibility index (Phi) is 6.06. The van der Waals surface area contributed by atoms with E-state index in [0.29, 0.717) is 5.39 Å². The quantitative estimate of drug-likeness (QED) is 0.142. The van der Waals surface area contributed by atoms with E-state index in [4.69, 9.17) is 0 Å². The monoisotopic (exact) mass is 623 g/mol. The fourth-order valence-corrected chi connectivity index (χ4v) is 7.88. The molecule has 0 atom stereocenters. The molecule has 10 rings (SSSR count). The molecule has 0 fully saturated rings. The van der Waals surface area contributed by atoms with Crippen LogP contribution in [0, 0.1) is 0 Å². The van der Waals surface area contributed by atoms with Crippen molar-refractivity contribution in [1.82, 2.24) is 4.57 Å². The summed E-state index contributed by atoms with van der Waals surface area (Å²) in [7, 11) is 0. The van der Waals surface area contributed by atoms with Crippen LogP contribution in [0.2, 0.25) is 0 Å². The number of aromatic nitrogens is 1. The van der Waals surface area contributed by atoms with Crippen molar-refractivity contribution in [1.29, 1.82) is 0 Å². The fourth-order valence-electron chi connectivity index (χ4n) is 7.88. The first-order valence-electron chi connectivity index (χ1n) is 16.7. The highest BCUT2D eigenvalue weighted by atomic mass is 16.1. The first-order valence-corrected chi connectivity index (χ1v) is 16.7. The molecule has 0 saturated heterocycles. The summed E-state index contributed by atoms with van der Waals surface area (Å²) < 4.78 is 1.84. The topological polar surface area (TPSA) is 22.0 Å². The van der Waals surface area contributed by atoms with Crippen LogP contribution < -0.4 is 5.56 Å². The summed E-state index contributed by atoms with van der Waals surface area (Å²) in [4.78, 5) is 13.8. The van der Waals surface area contributed by atoms with Crippen molar-refractivity contribution in [3.8, 4) is 27.9 Å². The third-order valence-electron chi connectivity index (χ3n) is 10.2. The van der Waals surface area contributed by atoms with Crippen molar-refractivity contribution in [2.75, 3.05) is 0 Å². The average molecular weight is 624 g/mol. The van der Waals surface area contributed by atoms with Gasteiger partial charge in [0.2, 0.25) is 0 Å². The van der Waals surface area contributed by atoms with Gasteiger partial charge in [-0.2, -0.15) is 0 Å². The Morgan fingerprint density at radius 3 is 1.73 bits per heavy atom. The second-order valence-electron chi connectivity index (χ2n) is 12.8. The van der Waals surface area contributed by atoms with Crippen LogP contribution >= 0.6 is 0 Å². The van der Waals surface area contributed by atoms with Crippen LogP contribution in [0.15, 0.2) is 181 Å². The lowest BCUT2D eigenvalue weighted by atomic mass is 9.88. The predicted octanol–water partition coefficient (Wildman–Crippen LogP) is 12.1. The Balaban J connectivity index is 1.19. The van der Waals surface area contributed by atoms with E-state index < -0.39 is 0 Å². The summed E-state index contributed by atoms with van der Waals surface area (Å²) in [6.07, 6.45) is 0. The molecule has 2 nitrogen and oxygen atoms in total. The summed E-state index contributed by atoms with van der Waals surface area (Å²) in [5, 5.41) is 12.7. The van der Waals surface area contributed by atoms with Crippen molar-refractivity contribution in [2.45, 2.75) is 0 Å². The second kappa shape index (κ2) is 10.8. The van der Waals surface area contributed by atoms with E-state index >= 15 is 0 Å². The maximum absolute atomic E-state index is 13.8. The Morgan fingerprint density at radius 2 is 0.918 bits per heavy atom. The van der Waals surface area contributed by atoms with Crippen LogP contribution in [0.5, 0.6) is 0 Å². The van der Waals surface area contributed by atoms with Crippen molar-refractivity contribution in [3.05, 3.63) is 186 Å². The minimum atomic E-state index is -0.00657. The molecule has 228 valence electrons. The zero-order chi connectivity index (χ0) is 32.5. The molecule has 1 aromatic heterocycles. The summed E-state index contributed by atoms with van der Waals surface area (Å²) in [5.74, 6) is 0. The highest BCUT2D eigenvalue weighted by Gasteiger charge is 2.16. The van der Waals surface area contributed by atoms with Crippen molar-refractivity contribution < 1.29 is 0 Å². The third-order valence-corrected chi connectivity index (χ3v) is 10.2. The number of hydrogen-bond donors (Lipinski definition) is 0. The predicted molar refractivity (Wildman–Crippen MR) is 208 cm³/mol. The van der Waals surface area contributed by atoms with Crippen LogP contribution in [0.3, 0.4) is 0 Å². The molecule has 2 heteroatoms. The summed E-state index contributed by atoms with van der Waals surface area (Å²) in [6, 6.07) is 62.1. The van der Waals surface area contributed by atoms with E-state index in [1.807, 2.05) is 53.1 Å². The largest absolute Gasteiger partial charge is 0.276 e. The maximum Gasteiger partial charge on any atom is 0.263 e. The molecule has 0 amide bonds. The van der Waals surface area contributed by atoms with Gasteiger partial charge in [-0.15, -0.1) is 0 Å². The number of hydrogen-bond acceptors (Lipinski definition) is 1. The molecule has 10 aromatic rings.